The van der Waals surface area contributed by atoms with Crippen LogP contribution in [0, 0.1) is 11.8 Å². The first-order valence-corrected chi connectivity index (χ1v) is 9.17. The van der Waals surface area contributed by atoms with Crippen LogP contribution in [0.3, 0.4) is 0 Å². The van der Waals surface area contributed by atoms with Gasteiger partial charge in [-0.3, -0.25) is 4.79 Å². The molecule has 0 aromatic heterocycles. The zero-order chi connectivity index (χ0) is 20.0. The maximum absolute atomic E-state index is 12.4. The molecule has 0 radical (unpaired) electrons. The minimum atomic E-state index is -0.659. The normalized spacial score (nSPS) is 21.9. The Kier molecular flexibility index (Phi) is 7.33. The van der Waals surface area contributed by atoms with Crippen molar-refractivity contribution >= 4 is 11.9 Å². The Hall–Kier alpha value is -2.44. The van der Waals surface area contributed by atoms with Gasteiger partial charge in [0.15, 0.2) is 18.1 Å². The predicted octanol–water partition coefficient (Wildman–Crippen LogP) is 2.81. The molecule has 2 rings (SSSR count). The first-order valence-electron chi connectivity index (χ1n) is 9.17. The van der Waals surface area contributed by atoms with Crippen LogP contribution < -0.4 is 19.5 Å². The lowest BCUT2D eigenvalue weighted by Gasteiger charge is -2.34. The molecule has 1 aliphatic rings. The summed E-state index contributed by atoms with van der Waals surface area (Å²) >= 11 is 0. The molecule has 7 nitrogen and oxygen atoms in total. The van der Waals surface area contributed by atoms with Crippen molar-refractivity contribution in [2.45, 2.75) is 39.2 Å². The number of ether oxygens (including phenoxy) is 4. The standard InChI is InChI=1S/C20H29NO6/c1-12-7-6-8-15(13(12)2)21-19(22)11-27-20(23)14-9-17(25-4)18(26-5)10-16(14)24-3/h9-10,12-13,15H,6-8,11H2,1-5H3,(H,21,22)/t12-,13-,15-/m1/s1. The van der Waals surface area contributed by atoms with Gasteiger partial charge in [-0.2, -0.15) is 0 Å². The third-order valence-electron chi connectivity index (χ3n) is 5.31. The topological polar surface area (TPSA) is 83.1 Å². The van der Waals surface area contributed by atoms with Crippen LogP contribution in [-0.2, 0) is 9.53 Å². The molecular formula is C20H29NO6. The van der Waals surface area contributed by atoms with Gasteiger partial charge < -0.3 is 24.3 Å². The number of carbonyl (C=O) groups is 2. The molecule has 1 fully saturated rings. The van der Waals surface area contributed by atoms with Gasteiger partial charge in [-0.15, -0.1) is 0 Å². The van der Waals surface area contributed by atoms with E-state index in [1.807, 2.05) is 0 Å². The van der Waals surface area contributed by atoms with Crippen molar-refractivity contribution in [3.05, 3.63) is 17.7 Å². The van der Waals surface area contributed by atoms with E-state index in [9.17, 15) is 9.59 Å². The van der Waals surface area contributed by atoms with E-state index in [-0.39, 0.29) is 29.9 Å². The summed E-state index contributed by atoms with van der Waals surface area (Å²) in [6.45, 7) is 4.01. The Morgan fingerprint density at radius 2 is 1.63 bits per heavy atom. The molecule has 3 atom stereocenters. The fourth-order valence-corrected chi connectivity index (χ4v) is 3.43. The lowest BCUT2D eigenvalue weighted by Crippen LogP contribution is -2.45. The second-order valence-electron chi connectivity index (χ2n) is 6.92. The molecular weight excluding hydrogens is 350 g/mol. The molecule has 0 bridgehead atoms. The molecule has 1 aromatic rings. The van der Waals surface area contributed by atoms with Gasteiger partial charge in [0.1, 0.15) is 11.3 Å². The number of methoxy groups -OCH3 is 3. The summed E-state index contributed by atoms with van der Waals surface area (Å²) in [4.78, 5) is 24.6. The van der Waals surface area contributed by atoms with Gasteiger partial charge in [0.2, 0.25) is 0 Å². The SMILES string of the molecule is COc1cc(OC)c(C(=O)OCC(=O)N[C@@H]2CCC[C@@H](C)[C@H]2C)cc1OC. The summed E-state index contributed by atoms with van der Waals surface area (Å²) in [5.41, 5.74) is 0.169. The van der Waals surface area contributed by atoms with E-state index in [0.717, 1.165) is 12.8 Å². The van der Waals surface area contributed by atoms with Crippen LogP contribution in [0.4, 0.5) is 0 Å². The van der Waals surface area contributed by atoms with Crippen molar-refractivity contribution in [1.29, 1.82) is 0 Å². The molecule has 1 amide bonds. The minimum Gasteiger partial charge on any atom is -0.496 e. The first-order chi connectivity index (χ1) is 12.9. The second-order valence-corrected chi connectivity index (χ2v) is 6.92. The van der Waals surface area contributed by atoms with Gasteiger partial charge in [-0.1, -0.05) is 26.7 Å². The molecule has 1 aromatic carbocycles. The van der Waals surface area contributed by atoms with Gasteiger partial charge >= 0.3 is 5.97 Å². The van der Waals surface area contributed by atoms with E-state index in [0.29, 0.717) is 23.3 Å². The summed E-state index contributed by atoms with van der Waals surface area (Å²) in [6.07, 6.45) is 3.23. The average Bonchev–Trinajstić information content (AvgIpc) is 2.68. The van der Waals surface area contributed by atoms with Gasteiger partial charge in [-0.05, 0) is 18.3 Å². The summed E-state index contributed by atoms with van der Waals surface area (Å²) in [7, 11) is 4.41. The van der Waals surface area contributed by atoms with E-state index in [4.69, 9.17) is 18.9 Å². The molecule has 1 saturated carbocycles. The van der Waals surface area contributed by atoms with Crippen molar-refractivity contribution in [3.8, 4) is 17.2 Å². The monoisotopic (exact) mass is 379 g/mol. The van der Waals surface area contributed by atoms with Crippen LogP contribution in [0.25, 0.3) is 0 Å². The highest BCUT2D eigenvalue weighted by atomic mass is 16.5. The number of esters is 1. The van der Waals surface area contributed by atoms with Crippen molar-refractivity contribution in [3.63, 3.8) is 0 Å². The Bertz CT molecular complexity index is 675. The summed E-state index contributed by atoms with van der Waals surface area (Å²) < 4.78 is 20.8. The van der Waals surface area contributed by atoms with Crippen LogP contribution in [0.5, 0.6) is 17.2 Å². The van der Waals surface area contributed by atoms with Gasteiger partial charge in [-0.25, -0.2) is 4.79 Å². The summed E-state index contributed by atoms with van der Waals surface area (Å²) in [5.74, 6) is 1.12. The minimum absolute atomic E-state index is 0.121. The second kappa shape index (κ2) is 9.48. The molecule has 1 N–H and O–H groups in total. The Morgan fingerprint density at radius 3 is 2.26 bits per heavy atom. The number of nitrogens with one attached hydrogen (secondary N) is 1. The molecule has 27 heavy (non-hydrogen) atoms. The quantitative estimate of drug-likeness (QED) is 0.734. The Balaban J connectivity index is 1.99. The van der Waals surface area contributed by atoms with Gasteiger partial charge in [0, 0.05) is 18.2 Å². The molecule has 1 aliphatic carbocycles. The number of hydrogen-bond donors (Lipinski definition) is 1. The van der Waals surface area contributed by atoms with Crippen molar-refractivity contribution in [2.75, 3.05) is 27.9 Å². The van der Waals surface area contributed by atoms with Crippen LogP contribution in [0.1, 0.15) is 43.5 Å². The molecule has 0 unspecified atom stereocenters. The third kappa shape index (κ3) is 5.05. The predicted molar refractivity (Wildman–Crippen MR) is 100 cm³/mol. The fourth-order valence-electron chi connectivity index (χ4n) is 3.43. The first kappa shape index (κ1) is 20.9. The van der Waals surface area contributed by atoms with E-state index in [2.05, 4.69) is 19.2 Å². The van der Waals surface area contributed by atoms with Crippen LogP contribution in [0.2, 0.25) is 0 Å². The van der Waals surface area contributed by atoms with Gasteiger partial charge in [0.05, 0.1) is 21.3 Å². The molecule has 150 valence electrons. The maximum Gasteiger partial charge on any atom is 0.342 e. The van der Waals surface area contributed by atoms with Crippen LogP contribution >= 0.6 is 0 Å². The number of rotatable bonds is 7. The highest BCUT2D eigenvalue weighted by molar-refractivity contribution is 5.95. The van der Waals surface area contributed by atoms with Crippen LogP contribution in [-0.4, -0.2) is 45.9 Å². The Morgan fingerprint density at radius 1 is 1.00 bits per heavy atom. The summed E-state index contributed by atoms with van der Waals surface area (Å²) in [6, 6.07) is 3.14. The molecule has 0 spiro atoms. The largest absolute Gasteiger partial charge is 0.496 e. The van der Waals surface area contributed by atoms with Crippen LogP contribution in [0.15, 0.2) is 12.1 Å². The highest BCUT2D eigenvalue weighted by Crippen LogP contribution is 2.35. The zero-order valence-electron chi connectivity index (χ0n) is 16.7. The third-order valence-corrected chi connectivity index (χ3v) is 5.31. The Labute approximate surface area is 160 Å². The van der Waals surface area contributed by atoms with E-state index in [1.54, 1.807) is 6.07 Å². The number of hydrogen-bond acceptors (Lipinski definition) is 6. The van der Waals surface area contributed by atoms with Crippen molar-refractivity contribution in [1.82, 2.24) is 5.32 Å². The van der Waals surface area contributed by atoms with E-state index < -0.39 is 5.97 Å². The maximum atomic E-state index is 12.4. The fraction of sp³-hybridized carbons (Fsp3) is 0.600. The van der Waals surface area contributed by atoms with Crippen molar-refractivity contribution < 1.29 is 28.5 Å². The smallest absolute Gasteiger partial charge is 0.342 e. The van der Waals surface area contributed by atoms with Gasteiger partial charge in [0.25, 0.3) is 5.91 Å². The molecule has 0 aliphatic heterocycles. The number of amides is 1. The molecule has 0 saturated heterocycles. The average molecular weight is 379 g/mol. The zero-order valence-corrected chi connectivity index (χ0v) is 16.7. The number of benzene rings is 1. The molecule has 7 heteroatoms. The van der Waals surface area contributed by atoms with Crippen molar-refractivity contribution in [2.24, 2.45) is 11.8 Å². The molecule has 0 heterocycles. The highest BCUT2D eigenvalue weighted by Gasteiger charge is 2.28. The van der Waals surface area contributed by atoms with E-state index >= 15 is 0 Å². The summed E-state index contributed by atoms with van der Waals surface area (Å²) in [5, 5.41) is 2.98. The van der Waals surface area contributed by atoms with E-state index in [1.165, 1.54) is 33.8 Å². The lowest BCUT2D eigenvalue weighted by molar-refractivity contribution is -0.125. The number of carbonyl (C=O) groups excluding carboxylic acids is 2. The lowest BCUT2D eigenvalue weighted by atomic mass is 9.78.